The van der Waals surface area contributed by atoms with Gasteiger partial charge in [0, 0.05) is 35.8 Å². The lowest BCUT2D eigenvalue weighted by molar-refractivity contribution is 0.0695. The lowest BCUT2D eigenvalue weighted by Crippen LogP contribution is -2.12. The number of carboxylic acid groups (broad SMARTS) is 1. The largest absolute Gasteiger partial charge is 0.493 e. The minimum Gasteiger partial charge on any atom is -0.493 e. The number of nitrogens with one attached hydrogen (secondary N) is 1. The van der Waals surface area contributed by atoms with Gasteiger partial charge in [-0.2, -0.15) is 0 Å². The molecule has 0 atom stereocenters. The van der Waals surface area contributed by atoms with Crippen LogP contribution in [-0.2, 0) is 13.0 Å². The normalized spacial score (nSPS) is 11.3. The molecule has 0 saturated carbocycles. The zero-order valence-corrected chi connectivity index (χ0v) is 20.3. The number of aromatic carboxylic acids is 1. The van der Waals surface area contributed by atoms with Crippen LogP contribution in [0.1, 0.15) is 35.5 Å². The number of rotatable bonds is 9. The van der Waals surface area contributed by atoms with E-state index in [2.05, 4.69) is 33.7 Å². The number of benzene rings is 2. The van der Waals surface area contributed by atoms with Crippen molar-refractivity contribution in [1.82, 2.24) is 14.5 Å². The standard InChI is InChI=1S/C27H29FN4O3/c1-16(2)11-19-13-18(5-6-20(19)27(33)34)23-14-25(31-15-30-23)29-9-10-32-17(3)12-21-24(32)8-7-22(28)26(21)35-4/h5-8,12-16H,9-11H2,1-4H3,(H,33,34)(H,29,30,31). The van der Waals surface area contributed by atoms with Gasteiger partial charge in [0.25, 0.3) is 0 Å². The average Bonchev–Trinajstić information content (AvgIpc) is 3.13. The molecule has 0 bridgehead atoms. The van der Waals surface area contributed by atoms with Crippen molar-refractivity contribution in [3.63, 3.8) is 0 Å². The fourth-order valence-corrected chi connectivity index (χ4v) is 4.40. The Bertz CT molecular complexity index is 1380. The number of hydrogen-bond donors (Lipinski definition) is 2. The molecule has 0 amide bonds. The number of halogens is 1. The number of methoxy groups -OCH3 is 1. The molecule has 0 saturated heterocycles. The van der Waals surface area contributed by atoms with Gasteiger partial charge in [-0.25, -0.2) is 19.2 Å². The summed E-state index contributed by atoms with van der Waals surface area (Å²) in [5, 5.41) is 13.6. The fourth-order valence-electron chi connectivity index (χ4n) is 4.40. The maximum atomic E-state index is 14.1. The molecule has 2 N–H and O–H groups in total. The van der Waals surface area contributed by atoms with Crippen LogP contribution in [0.15, 0.2) is 48.8 Å². The summed E-state index contributed by atoms with van der Waals surface area (Å²) in [5.41, 5.74) is 4.58. The Morgan fingerprint density at radius 2 is 1.97 bits per heavy atom. The summed E-state index contributed by atoms with van der Waals surface area (Å²) in [7, 11) is 1.47. The Morgan fingerprint density at radius 3 is 2.69 bits per heavy atom. The minimum atomic E-state index is -0.926. The second-order valence-corrected chi connectivity index (χ2v) is 8.94. The number of carboxylic acids is 1. The first-order chi connectivity index (χ1) is 16.8. The zero-order chi connectivity index (χ0) is 25.1. The van der Waals surface area contributed by atoms with Gasteiger partial charge >= 0.3 is 5.97 Å². The van der Waals surface area contributed by atoms with Crippen molar-refractivity contribution in [2.24, 2.45) is 5.92 Å². The molecule has 0 aliphatic heterocycles. The van der Waals surface area contributed by atoms with E-state index in [0.717, 1.165) is 27.7 Å². The van der Waals surface area contributed by atoms with Crippen LogP contribution < -0.4 is 10.1 Å². The first-order valence-corrected chi connectivity index (χ1v) is 11.5. The molecule has 0 aliphatic rings. The SMILES string of the molecule is COc1c(F)ccc2c1cc(C)n2CCNc1cc(-c2ccc(C(=O)O)c(CC(C)C)c2)ncn1. The molecule has 0 unspecified atom stereocenters. The molecule has 0 aliphatic carbocycles. The van der Waals surface area contributed by atoms with Crippen LogP contribution in [0.2, 0.25) is 0 Å². The molecule has 0 spiro atoms. The Kier molecular flexibility index (Phi) is 7.00. The number of anilines is 1. The zero-order valence-electron chi connectivity index (χ0n) is 20.3. The highest BCUT2D eigenvalue weighted by Crippen LogP contribution is 2.31. The Labute approximate surface area is 203 Å². The topological polar surface area (TPSA) is 89.3 Å². The van der Waals surface area contributed by atoms with Crippen LogP contribution >= 0.6 is 0 Å². The first kappa shape index (κ1) is 24.2. The molecule has 2 heterocycles. The smallest absolute Gasteiger partial charge is 0.335 e. The molecular weight excluding hydrogens is 447 g/mol. The minimum absolute atomic E-state index is 0.253. The highest BCUT2D eigenvalue weighted by atomic mass is 19.1. The third-order valence-electron chi connectivity index (χ3n) is 5.97. The van der Waals surface area contributed by atoms with E-state index in [1.165, 1.54) is 19.5 Å². The van der Waals surface area contributed by atoms with Crippen molar-refractivity contribution in [3.8, 4) is 17.0 Å². The molecule has 2 aromatic carbocycles. The van der Waals surface area contributed by atoms with Gasteiger partial charge in [-0.1, -0.05) is 19.9 Å². The van der Waals surface area contributed by atoms with E-state index in [1.54, 1.807) is 18.2 Å². The van der Waals surface area contributed by atoms with Gasteiger partial charge in [-0.05, 0) is 55.2 Å². The average molecular weight is 477 g/mol. The van der Waals surface area contributed by atoms with Crippen molar-refractivity contribution in [1.29, 1.82) is 0 Å². The number of fused-ring (bicyclic) bond motifs is 1. The molecule has 8 heteroatoms. The molecule has 35 heavy (non-hydrogen) atoms. The third-order valence-corrected chi connectivity index (χ3v) is 5.97. The van der Waals surface area contributed by atoms with Crippen molar-refractivity contribution in [2.45, 2.75) is 33.7 Å². The van der Waals surface area contributed by atoms with Crippen LogP contribution in [0.3, 0.4) is 0 Å². The molecule has 182 valence electrons. The van der Waals surface area contributed by atoms with Gasteiger partial charge < -0.3 is 19.7 Å². The number of aryl methyl sites for hydroxylation is 1. The summed E-state index contributed by atoms with van der Waals surface area (Å²) in [6.07, 6.45) is 2.17. The Balaban J connectivity index is 1.52. The Hall–Kier alpha value is -3.94. The molecule has 7 nitrogen and oxygen atoms in total. The molecule has 2 aromatic heterocycles. The van der Waals surface area contributed by atoms with Gasteiger partial charge in [0.2, 0.25) is 0 Å². The quantitative estimate of drug-likeness (QED) is 0.329. The van der Waals surface area contributed by atoms with Crippen LogP contribution in [0, 0.1) is 18.7 Å². The summed E-state index contributed by atoms with van der Waals surface area (Å²) in [4.78, 5) is 20.3. The van der Waals surface area contributed by atoms with E-state index in [9.17, 15) is 14.3 Å². The molecule has 0 fully saturated rings. The van der Waals surface area contributed by atoms with Crippen molar-refractivity contribution >= 4 is 22.7 Å². The Morgan fingerprint density at radius 1 is 1.17 bits per heavy atom. The van der Waals surface area contributed by atoms with E-state index in [-0.39, 0.29) is 11.6 Å². The maximum absolute atomic E-state index is 14.1. The molecule has 4 aromatic rings. The van der Waals surface area contributed by atoms with Gasteiger partial charge in [0.05, 0.1) is 23.9 Å². The van der Waals surface area contributed by atoms with E-state index >= 15 is 0 Å². The van der Waals surface area contributed by atoms with Crippen LogP contribution in [-0.4, -0.2) is 39.3 Å². The summed E-state index contributed by atoms with van der Waals surface area (Å²) >= 11 is 0. The van der Waals surface area contributed by atoms with Gasteiger partial charge in [0.1, 0.15) is 12.1 Å². The monoisotopic (exact) mass is 476 g/mol. The summed E-state index contributed by atoms with van der Waals surface area (Å²) in [5.74, 6) is -0.0539. The highest BCUT2D eigenvalue weighted by Gasteiger charge is 2.15. The number of carbonyl (C=O) groups is 1. The molecular formula is C27H29FN4O3. The van der Waals surface area contributed by atoms with Crippen LogP contribution in [0.25, 0.3) is 22.2 Å². The molecule has 4 rings (SSSR count). The van der Waals surface area contributed by atoms with Gasteiger partial charge in [0.15, 0.2) is 11.6 Å². The van der Waals surface area contributed by atoms with Crippen LogP contribution in [0.5, 0.6) is 5.75 Å². The number of aromatic nitrogens is 3. The maximum Gasteiger partial charge on any atom is 0.335 e. The highest BCUT2D eigenvalue weighted by molar-refractivity contribution is 5.90. The van der Waals surface area contributed by atoms with E-state index in [4.69, 9.17) is 4.74 Å². The van der Waals surface area contributed by atoms with Crippen LogP contribution in [0.4, 0.5) is 10.2 Å². The van der Waals surface area contributed by atoms with Crippen molar-refractivity contribution in [3.05, 3.63) is 71.4 Å². The predicted octanol–water partition coefficient (Wildman–Crippen LogP) is 5.56. The number of ether oxygens (including phenoxy) is 1. The van der Waals surface area contributed by atoms with Gasteiger partial charge in [-0.3, -0.25) is 0 Å². The number of nitrogens with zero attached hydrogens (tertiary/aromatic N) is 3. The predicted molar refractivity (Wildman–Crippen MR) is 135 cm³/mol. The first-order valence-electron chi connectivity index (χ1n) is 11.5. The van der Waals surface area contributed by atoms with E-state index in [1.807, 2.05) is 25.1 Å². The van der Waals surface area contributed by atoms with E-state index in [0.29, 0.717) is 42.5 Å². The van der Waals surface area contributed by atoms with Crippen molar-refractivity contribution in [2.75, 3.05) is 19.0 Å². The molecule has 0 radical (unpaired) electrons. The van der Waals surface area contributed by atoms with Gasteiger partial charge in [-0.15, -0.1) is 0 Å². The lowest BCUT2D eigenvalue weighted by Gasteiger charge is -2.13. The van der Waals surface area contributed by atoms with Crippen molar-refractivity contribution < 1.29 is 19.0 Å². The summed E-state index contributed by atoms with van der Waals surface area (Å²) < 4.78 is 21.4. The lowest BCUT2D eigenvalue weighted by atomic mass is 9.95. The fraction of sp³-hybridized carbons (Fsp3) is 0.296. The summed E-state index contributed by atoms with van der Waals surface area (Å²) in [6, 6.07) is 12.3. The second-order valence-electron chi connectivity index (χ2n) is 8.94. The number of hydrogen-bond acceptors (Lipinski definition) is 5. The third kappa shape index (κ3) is 5.11. The van der Waals surface area contributed by atoms with E-state index < -0.39 is 5.97 Å². The second kappa shape index (κ2) is 10.1. The summed E-state index contributed by atoms with van der Waals surface area (Å²) in [6.45, 7) is 7.35.